The average Bonchev–Trinajstić information content (AvgIpc) is 4.07. The van der Waals surface area contributed by atoms with E-state index in [9.17, 15) is 27.9 Å². The topological polar surface area (TPSA) is 188 Å². The van der Waals surface area contributed by atoms with Crippen molar-refractivity contribution in [2.75, 3.05) is 31.6 Å². The van der Waals surface area contributed by atoms with Crippen LogP contribution in [0, 0.1) is 17.8 Å². The normalized spacial score (nSPS) is 30.1. The van der Waals surface area contributed by atoms with E-state index in [1.807, 2.05) is 44.3 Å². The maximum Gasteiger partial charge on any atom is 0.408 e. The Morgan fingerprint density at radius 3 is 2.58 bits per heavy atom. The SMILES string of the molecule is CC[C@@H]1C[C@H](C)CC/C=C\[C@@H]2C[C@@]2(C(=O)NS(=O)(=O)C2CC2)NC(=O)[C@@H]2C[C@@H](Oc3nccc4c5c(ccc34)N(C)CCO5)CN2C(=O)[C@H]1N(C(=O)O)C(C)(C)C. The second kappa shape index (κ2) is 15.3. The number of hydrogen-bond donors (Lipinski definition) is 3. The van der Waals surface area contributed by atoms with E-state index in [0.29, 0.717) is 55.7 Å². The highest BCUT2D eigenvalue weighted by Crippen LogP contribution is 2.47. The molecule has 0 unspecified atom stereocenters. The van der Waals surface area contributed by atoms with Crippen LogP contribution in [0.4, 0.5) is 10.5 Å². The molecule has 2 saturated carbocycles. The summed E-state index contributed by atoms with van der Waals surface area (Å²) in [6.07, 6.45) is 7.08. The first kappa shape index (κ1) is 40.6. The smallest absolute Gasteiger partial charge is 0.408 e. The number of fused-ring (bicyclic) bond motifs is 5. The molecule has 3 fully saturated rings. The zero-order chi connectivity index (χ0) is 41.0. The van der Waals surface area contributed by atoms with Gasteiger partial charge in [0.15, 0.2) is 5.75 Å². The fourth-order valence-corrected chi connectivity index (χ4v) is 10.3. The second-order valence-corrected chi connectivity index (χ2v) is 19.6. The summed E-state index contributed by atoms with van der Waals surface area (Å²) in [6, 6.07) is 3.40. The van der Waals surface area contributed by atoms with Gasteiger partial charge in [0.05, 0.1) is 24.0 Å². The van der Waals surface area contributed by atoms with Gasteiger partial charge in [-0.25, -0.2) is 18.2 Å². The molecule has 7 atom stereocenters. The third-order valence-electron chi connectivity index (χ3n) is 12.3. The number of carbonyl (C=O) groups excluding carboxylic acids is 3. The molecule has 57 heavy (non-hydrogen) atoms. The van der Waals surface area contributed by atoms with E-state index in [1.165, 1.54) is 9.80 Å². The highest BCUT2D eigenvalue weighted by atomic mass is 32.2. The van der Waals surface area contributed by atoms with Crippen LogP contribution in [0.1, 0.15) is 86.0 Å². The summed E-state index contributed by atoms with van der Waals surface area (Å²) >= 11 is 0. The number of carboxylic acid groups (broad SMARTS) is 1. The first-order valence-corrected chi connectivity index (χ1v) is 21.8. The molecular formula is C41H56N6O9S. The molecule has 4 amide bonds. The molecule has 2 aromatic rings. The predicted molar refractivity (Wildman–Crippen MR) is 213 cm³/mol. The Labute approximate surface area is 334 Å². The number of allylic oxidation sites excluding steroid dienone is 1. The van der Waals surface area contributed by atoms with Crippen molar-refractivity contribution in [3.05, 3.63) is 36.5 Å². The third kappa shape index (κ3) is 7.98. The van der Waals surface area contributed by atoms with Gasteiger partial charge in [-0.05, 0) is 89.3 Å². The summed E-state index contributed by atoms with van der Waals surface area (Å²) in [7, 11) is -1.93. The monoisotopic (exact) mass is 808 g/mol. The summed E-state index contributed by atoms with van der Waals surface area (Å²) in [5.41, 5.74) is -1.58. The van der Waals surface area contributed by atoms with Crippen LogP contribution >= 0.6 is 0 Å². The van der Waals surface area contributed by atoms with Crippen LogP contribution in [0.5, 0.6) is 11.6 Å². The molecule has 0 spiro atoms. The zero-order valence-corrected chi connectivity index (χ0v) is 34.5. The Bertz CT molecular complexity index is 2070. The van der Waals surface area contributed by atoms with Crippen LogP contribution in [0.15, 0.2) is 36.5 Å². The lowest BCUT2D eigenvalue weighted by Gasteiger charge is -2.44. The third-order valence-corrected chi connectivity index (χ3v) is 14.2. The van der Waals surface area contributed by atoms with E-state index in [0.717, 1.165) is 24.0 Å². The standard InChI is InChI=1S/C41H56N6O9S/c1-7-25-20-24(2)10-8-9-11-26-22-41(26,38(50)44-57(53,54)28-12-13-28)43-35(48)32-21-27(23-46(32)37(49)33(25)47(39(51)52)40(3,4)5)56-36-30-14-15-31-34(29(30)16-17-42-36)55-19-18-45(31)6/h9,11,14-17,24-28,32-33H,7-8,10,12-13,18-23H2,1-6H3,(H,43,48)(H,44,50)(H,51,52)/b11-9-/t24-,25-,26-,27-,32+,33+,41-/m1/s1. The molecule has 3 aliphatic heterocycles. The van der Waals surface area contributed by atoms with Gasteiger partial charge >= 0.3 is 6.09 Å². The fraction of sp³-hybridized carbons (Fsp3) is 0.634. The van der Waals surface area contributed by atoms with Crippen LogP contribution in [-0.2, 0) is 24.4 Å². The number of rotatable bonds is 7. The van der Waals surface area contributed by atoms with Gasteiger partial charge < -0.3 is 29.7 Å². The number of pyridine rings is 1. The van der Waals surface area contributed by atoms with E-state index < -0.39 is 74.3 Å². The quantitative estimate of drug-likeness (QED) is 0.336. The molecule has 5 aliphatic rings. The summed E-state index contributed by atoms with van der Waals surface area (Å²) in [5, 5.41) is 14.5. The van der Waals surface area contributed by atoms with Crippen molar-refractivity contribution in [1.82, 2.24) is 24.8 Å². The van der Waals surface area contributed by atoms with E-state index in [1.54, 1.807) is 27.0 Å². The first-order chi connectivity index (χ1) is 26.9. The Kier molecular flexibility index (Phi) is 10.9. The minimum Gasteiger partial charge on any atom is -0.489 e. The number of ether oxygens (including phenoxy) is 2. The van der Waals surface area contributed by atoms with Crippen molar-refractivity contribution in [2.24, 2.45) is 17.8 Å². The Hall–Kier alpha value is -4.60. The van der Waals surface area contributed by atoms with Crippen molar-refractivity contribution in [1.29, 1.82) is 0 Å². The minimum atomic E-state index is -3.92. The molecule has 0 bridgehead atoms. The van der Waals surface area contributed by atoms with Crippen LogP contribution in [0.2, 0.25) is 0 Å². The molecule has 1 aromatic heterocycles. The largest absolute Gasteiger partial charge is 0.489 e. The molecule has 3 N–H and O–H groups in total. The Morgan fingerprint density at radius 1 is 1.14 bits per heavy atom. The van der Waals surface area contributed by atoms with Gasteiger partial charge in [0, 0.05) is 41.9 Å². The van der Waals surface area contributed by atoms with Gasteiger partial charge in [-0.2, -0.15) is 0 Å². The number of nitrogens with one attached hydrogen (secondary N) is 2. The maximum absolute atomic E-state index is 15.2. The van der Waals surface area contributed by atoms with Gasteiger partial charge in [0.2, 0.25) is 27.7 Å². The second-order valence-electron chi connectivity index (χ2n) is 17.6. The highest BCUT2D eigenvalue weighted by Gasteiger charge is 2.62. The average molecular weight is 809 g/mol. The van der Waals surface area contributed by atoms with Crippen molar-refractivity contribution in [3.63, 3.8) is 0 Å². The van der Waals surface area contributed by atoms with Gasteiger partial charge in [0.25, 0.3) is 5.91 Å². The number of aromatic nitrogens is 1. The molecule has 1 aromatic carbocycles. The van der Waals surface area contributed by atoms with E-state index >= 15 is 4.79 Å². The predicted octanol–water partition coefficient (Wildman–Crippen LogP) is 4.44. The van der Waals surface area contributed by atoms with Gasteiger partial charge in [-0.15, -0.1) is 0 Å². The van der Waals surface area contributed by atoms with E-state index in [2.05, 4.69) is 26.8 Å². The maximum atomic E-state index is 15.2. The van der Waals surface area contributed by atoms with Gasteiger partial charge in [-0.1, -0.05) is 32.4 Å². The molecule has 4 heterocycles. The number of anilines is 1. The molecule has 16 heteroatoms. The summed E-state index contributed by atoms with van der Waals surface area (Å²) in [6.45, 7) is 10.5. The van der Waals surface area contributed by atoms with Crippen LogP contribution in [-0.4, -0.2) is 113 Å². The zero-order valence-electron chi connectivity index (χ0n) is 33.7. The number of carbonyl (C=O) groups is 4. The molecule has 2 aliphatic carbocycles. The molecular weight excluding hydrogens is 753 g/mol. The highest BCUT2D eigenvalue weighted by molar-refractivity contribution is 7.91. The number of hydrogen-bond acceptors (Lipinski definition) is 10. The Morgan fingerprint density at radius 2 is 1.89 bits per heavy atom. The lowest BCUT2D eigenvalue weighted by molar-refractivity contribution is -0.146. The number of benzene rings is 1. The van der Waals surface area contributed by atoms with E-state index in [4.69, 9.17) is 9.47 Å². The van der Waals surface area contributed by atoms with Crippen LogP contribution < -0.4 is 24.4 Å². The van der Waals surface area contributed by atoms with Crippen LogP contribution in [0.3, 0.4) is 0 Å². The molecule has 7 rings (SSSR count). The van der Waals surface area contributed by atoms with Crippen molar-refractivity contribution in [3.8, 4) is 11.6 Å². The van der Waals surface area contributed by atoms with Crippen molar-refractivity contribution in [2.45, 2.75) is 121 Å². The number of amides is 4. The summed E-state index contributed by atoms with van der Waals surface area (Å²) in [4.78, 5) is 66.2. The first-order valence-electron chi connectivity index (χ1n) is 20.2. The van der Waals surface area contributed by atoms with Crippen molar-refractivity contribution >= 4 is 50.3 Å². The molecule has 0 radical (unpaired) electrons. The van der Waals surface area contributed by atoms with E-state index in [-0.39, 0.29) is 31.2 Å². The van der Waals surface area contributed by atoms with Crippen LogP contribution in [0.25, 0.3) is 10.8 Å². The Balaban J connectivity index is 1.28. The number of sulfonamides is 1. The summed E-state index contributed by atoms with van der Waals surface area (Å²) in [5.74, 6) is -1.69. The van der Waals surface area contributed by atoms with Crippen molar-refractivity contribution < 1.29 is 42.2 Å². The minimum absolute atomic E-state index is 0.0148. The summed E-state index contributed by atoms with van der Waals surface area (Å²) < 4.78 is 40.8. The van der Waals surface area contributed by atoms with Gasteiger partial charge in [0.1, 0.15) is 30.3 Å². The lowest BCUT2D eigenvalue weighted by atomic mass is 9.82. The molecule has 1 saturated heterocycles. The number of likely N-dealkylation sites (N-methyl/N-ethyl adjacent to an activating group) is 1. The fourth-order valence-electron chi connectivity index (χ4n) is 8.95. The molecule has 310 valence electrons. The van der Waals surface area contributed by atoms with Gasteiger partial charge in [-0.3, -0.25) is 24.0 Å². The lowest BCUT2D eigenvalue weighted by Crippen LogP contribution is -2.62. The molecule has 15 nitrogen and oxygen atoms in total. The number of nitrogens with zero attached hydrogens (tertiary/aromatic N) is 4.